The minimum Gasteiger partial charge on any atom is -0.454 e. The molecule has 0 bridgehead atoms. The number of nitrogens with one attached hydrogen (secondary N) is 1. The van der Waals surface area contributed by atoms with Crippen LogP contribution < -0.4 is 14.8 Å². The third-order valence-electron chi connectivity index (χ3n) is 4.70. The second-order valence-electron chi connectivity index (χ2n) is 6.60. The normalized spacial score (nSPS) is 20.6. The number of benzene rings is 1. The van der Waals surface area contributed by atoms with Gasteiger partial charge < -0.3 is 19.7 Å². The van der Waals surface area contributed by atoms with Crippen molar-refractivity contribution < 1.29 is 14.3 Å². The van der Waals surface area contributed by atoms with Gasteiger partial charge in [-0.3, -0.25) is 4.90 Å². The number of hydrogen-bond acceptors (Lipinski definition) is 4. The number of hydrogen-bond donors (Lipinski definition) is 1. The highest BCUT2D eigenvalue weighted by molar-refractivity contribution is 5.75. The van der Waals surface area contributed by atoms with Crippen molar-refractivity contribution in [2.24, 2.45) is 5.92 Å². The predicted octanol–water partition coefficient (Wildman–Crippen LogP) is 2.17. The summed E-state index contributed by atoms with van der Waals surface area (Å²) in [5.41, 5.74) is 1.21. The minimum absolute atomic E-state index is 0.00892. The van der Waals surface area contributed by atoms with Gasteiger partial charge in [0.2, 0.25) is 6.79 Å². The molecule has 0 unspecified atom stereocenters. The maximum Gasteiger partial charge on any atom is 0.321 e. The zero-order valence-corrected chi connectivity index (χ0v) is 13.7. The van der Waals surface area contributed by atoms with E-state index in [1.807, 2.05) is 17.0 Å². The van der Waals surface area contributed by atoms with E-state index in [0.717, 1.165) is 44.2 Å². The Morgan fingerprint density at radius 2 is 1.96 bits per heavy atom. The van der Waals surface area contributed by atoms with Crippen molar-refractivity contribution in [2.45, 2.75) is 19.4 Å². The van der Waals surface area contributed by atoms with Crippen molar-refractivity contribution >= 4 is 6.03 Å². The first-order valence-corrected chi connectivity index (χ1v) is 8.61. The molecule has 2 amide bonds. The Morgan fingerprint density at radius 1 is 1.17 bits per heavy atom. The fourth-order valence-electron chi connectivity index (χ4n) is 3.04. The molecule has 1 aromatic rings. The molecule has 24 heavy (non-hydrogen) atoms. The van der Waals surface area contributed by atoms with Crippen LogP contribution in [0.3, 0.4) is 0 Å². The summed E-state index contributed by atoms with van der Waals surface area (Å²) in [6.07, 6.45) is 6.41. The van der Waals surface area contributed by atoms with Crippen LogP contribution in [-0.4, -0.2) is 48.8 Å². The zero-order valence-electron chi connectivity index (χ0n) is 13.7. The molecular formula is C18H23N3O3. The van der Waals surface area contributed by atoms with E-state index >= 15 is 0 Å². The lowest BCUT2D eigenvalue weighted by molar-refractivity contribution is 0.137. The lowest BCUT2D eigenvalue weighted by Crippen LogP contribution is -2.50. The molecule has 1 aliphatic carbocycles. The Hall–Kier alpha value is -2.21. The van der Waals surface area contributed by atoms with E-state index < -0.39 is 0 Å². The SMILES string of the molecule is O=C(N/C=C/C1CC1)N1CCN(Cc2ccc3c(c2)OCO3)CC1. The van der Waals surface area contributed by atoms with Crippen LogP contribution in [-0.2, 0) is 6.54 Å². The number of carbonyl (C=O) groups excluding carboxylic acids is 1. The maximum atomic E-state index is 12.1. The van der Waals surface area contributed by atoms with Crippen molar-refractivity contribution in [1.29, 1.82) is 0 Å². The highest BCUT2D eigenvalue weighted by atomic mass is 16.7. The number of nitrogens with zero attached hydrogens (tertiary/aromatic N) is 2. The monoisotopic (exact) mass is 329 g/mol. The van der Waals surface area contributed by atoms with Crippen molar-refractivity contribution in [2.75, 3.05) is 33.0 Å². The van der Waals surface area contributed by atoms with E-state index in [4.69, 9.17) is 9.47 Å². The summed E-state index contributed by atoms with van der Waals surface area (Å²) in [6, 6.07) is 6.10. The molecule has 6 heteroatoms. The fraction of sp³-hybridized carbons (Fsp3) is 0.500. The van der Waals surface area contributed by atoms with Gasteiger partial charge in [0.05, 0.1) is 0 Å². The van der Waals surface area contributed by atoms with Gasteiger partial charge in [0, 0.05) is 38.9 Å². The lowest BCUT2D eigenvalue weighted by Gasteiger charge is -2.34. The number of ether oxygens (including phenoxy) is 2. The number of urea groups is 1. The molecule has 2 aliphatic heterocycles. The van der Waals surface area contributed by atoms with Crippen molar-refractivity contribution in [1.82, 2.24) is 15.1 Å². The van der Waals surface area contributed by atoms with Gasteiger partial charge in [-0.25, -0.2) is 4.79 Å². The van der Waals surface area contributed by atoms with Gasteiger partial charge in [0.1, 0.15) is 0 Å². The topological polar surface area (TPSA) is 54.0 Å². The molecule has 0 aromatic heterocycles. The Bertz CT molecular complexity index is 634. The summed E-state index contributed by atoms with van der Waals surface area (Å²) in [5.74, 6) is 2.33. The standard InChI is InChI=1S/C18H23N3O3/c22-18(19-6-5-14-1-2-14)21-9-7-20(8-10-21)12-15-3-4-16-17(11-15)24-13-23-16/h3-6,11,14H,1-2,7-10,12-13H2,(H,19,22)/b6-5+. The van der Waals surface area contributed by atoms with E-state index in [9.17, 15) is 4.79 Å². The van der Waals surface area contributed by atoms with E-state index in [1.54, 1.807) is 6.20 Å². The average molecular weight is 329 g/mol. The molecule has 0 atom stereocenters. The number of carbonyl (C=O) groups is 1. The second-order valence-corrected chi connectivity index (χ2v) is 6.60. The Labute approximate surface area is 142 Å². The Morgan fingerprint density at radius 3 is 2.75 bits per heavy atom. The van der Waals surface area contributed by atoms with Crippen LogP contribution in [0.2, 0.25) is 0 Å². The predicted molar refractivity (Wildman–Crippen MR) is 89.8 cm³/mol. The first kappa shape index (κ1) is 15.3. The van der Waals surface area contributed by atoms with E-state index in [-0.39, 0.29) is 6.03 Å². The zero-order chi connectivity index (χ0) is 16.4. The molecule has 0 radical (unpaired) electrons. The van der Waals surface area contributed by atoms with Gasteiger partial charge in [0.15, 0.2) is 11.5 Å². The summed E-state index contributed by atoms with van der Waals surface area (Å²) >= 11 is 0. The van der Waals surface area contributed by atoms with Crippen LogP contribution >= 0.6 is 0 Å². The summed E-state index contributed by atoms with van der Waals surface area (Å²) < 4.78 is 10.8. The molecule has 1 saturated carbocycles. The van der Waals surface area contributed by atoms with Crippen LogP contribution in [0.4, 0.5) is 4.79 Å². The summed E-state index contributed by atoms with van der Waals surface area (Å²) in [7, 11) is 0. The van der Waals surface area contributed by atoms with Gasteiger partial charge in [-0.05, 0) is 36.5 Å². The summed E-state index contributed by atoms with van der Waals surface area (Å²) in [4.78, 5) is 16.4. The molecule has 1 saturated heterocycles. The summed E-state index contributed by atoms with van der Waals surface area (Å²) in [5, 5.41) is 2.87. The maximum absolute atomic E-state index is 12.1. The third kappa shape index (κ3) is 3.64. The van der Waals surface area contributed by atoms with Gasteiger partial charge in [0.25, 0.3) is 0 Å². The van der Waals surface area contributed by atoms with E-state index in [2.05, 4.69) is 22.4 Å². The van der Waals surface area contributed by atoms with Gasteiger partial charge in [-0.2, -0.15) is 0 Å². The highest BCUT2D eigenvalue weighted by Crippen LogP contribution is 2.33. The van der Waals surface area contributed by atoms with Gasteiger partial charge >= 0.3 is 6.03 Å². The Balaban J connectivity index is 1.24. The van der Waals surface area contributed by atoms with Crippen molar-refractivity contribution in [3.8, 4) is 11.5 Å². The minimum atomic E-state index is 0.00892. The van der Waals surface area contributed by atoms with Crippen LogP contribution in [0.25, 0.3) is 0 Å². The molecule has 4 rings (SSSR count). The number of fused-ring (bicyclic) bond motifs is 1. The molecule has 2 fully saturated rings. The van der Waals surface area contributed by atoms with E-state index in [1.165, 1.54) is 18.4 Å². The summed E-state index contributed by atoms with van der Waals surface area (Å²) in [6.45, 7) is 4.46. The molecule has 2 heterocycles. The quantitative estimate of drug-likeness (QED) is 0.920. The van der Waals surface area contributed by atoms with Crippen LogP contribution in [0.5, 0.6) is 11.5 Å². The molecule has 3 aliphatic rings. The van der Waals surface area contributed by atoms with Crippen LogP contribution in [0, 0.1) is 5.92 Å². The Kier molecular flexibility index (Phi) is 4.30. The van der Waals surface area contributed by atoms with Crippen LogP contribution in [0.1, 0.15) is 18.4 Å². The number of amides is 2. The first-order valence-electron chi connectivity index (χ1n) is 8.61. The smallest absolute Gasteiger partial charge is 0.321 e. The molecule has 0 spiro atoms. The van der Waals surface area contributed by atoms with Gasteiger partial charge in [-0.1, -0.05) is 12.1 Å². The van der Waals surface area contributed by atoms with Crippen molar-refractivity contribution in [3.05, 3.63) is 36.0 Å². The number of allylic oxidation sites excluding steroid dienone is 1. The molecule has 6 nitrogen and oxygen atoms in total. The number of rotatable bonds is 4. The molecular weight excluding hydrogens is 306 g/mol. The molecule has 1 aromatic carbocycles. The first-order chi connectivity index (χ1) is 11.8. The van der Waals surface area contributed by atoms with Crippen molar-refractivity contribution in [3.63, 3.8) is 0 Å². The molecule has 128 valence electrons. The van der Waals surface area contributed by atoms with Crippen LogP contribution in [0.15, 0.2) is 30.5 Å². The largest absolute Gasteiger partial charge is 0.454 e. The lowest BCUT2D eigenvalue weighted by atomic mass is 10.1. The van der Waals surface area contributed by atoms with Gasteiger partial charge in [-0.15, -0.1) is 0 Å². The average Bonchev–Trinajstić information content (AvgIpc) is 3.30. The highest BCUT2D eigenvalue weighted by Gasteiger charge is 2.22. The van der Waals surface area contributed by atoms with E-state index in [0.29, 0.717) is 12.7 Å². The number of piperazine rings is 1. The third-order valence-corrected chi connectivity index (χ3v) is 4.70. The molecule has 1 N–H and O–H groups in total. The second kappa shape index (κ2) is 6.73. The fourth-order valence-corrected chi connectivity index (χ4v) is 3.04.